The highest BCUT2D eigenvalue weighted by molar-refractivity contribution is 7.92. The van der Waals surface area contributed by atoms with Gasteiger partial charge in [-0.1, -0.05) is 5.16 Å². The maximum Gasteiger partial charge on any atom is 0.263 e. The van der Waals surface area contributed by atoms with Gasteiger partial charge >= 0.3 is 0 Å². The molecule has 0 atom stereocenters. The molecule has 0 bridgehead atoms. The maximum absolute atomic E-state index is 12.3. The lowest BCUT2D eigenvalue weighted by Crippen LogP contribution is -2.13. The Kier molecular flexibility index (Phi) is 5.13. The van der Waals surface area contributed by atoms with Gasteiger partial charge in [-0.2, -0.15) is 0 Å². The third-order valence-electron chi connectivity index (χ3n) is 3.46. The minimum absolute atomic E-state index is 0.0303. The van der Waals surface area contributed by atoms with Crippen molar-refractivity contribution in [2.24, 2.45) is 0 Å². The van der Waals surface area contributed by atoms with E-state index in [0.717, 1.165) is 5.76 Å². The number of furan rings is 1. The molecule has 0 aliphatic carbocycles. The van der Waals surface area contributed by atoms with Gasteiger partial charge in [0.2, 0.25) is 5.91 Å². The van der Waals surface area contributed by atoms with Crippen LogP contribution in [0.2, 0.25) is 0 Å². The Morgan fingerprint density at radius 3 is 2.41 bits per heavy atom. The Labute approximate surface area is 155 Å². The Bertz CT molecular complexity index is 1080. The van der Waals surface area contributed by atoms with Crippen molar-refractivity contribution < 1.29 is 22.2 Å². The van der Waals surface area contributed by atoms with Crippen molar-refractivity contribution in [3.8, 4) is 0 Å². The monoisotopic (exact) mass is 387 g/mol. The van der Waals surface area contributed by atoms with Crippen LogP contribution in [0.4, 0.5) is 11.5 Å². The van der Waals surface area contributed by atoms with Gasteiger partial charge in [-0.25, -0.2) is 8.42 Å². The number of sulfonamides is 1. The zero-order valence-corrected chi connectivity index (χ0v) is 15.4. The minimum Gasteiger partial charge on any atom is -0.462 e. The van der Waals surface area contributed by atoms with E-state index in [-0.39, 0.29) is 16.6 Å². The van der Waals surface area contributed by atoms with E-state index in [4.69, 9.17) is 8.94 Å². The molecule has 9 heteroatoms. The number of carbonyl (C=O) groups excluding carboxylic acids is 1. The average Bonchev–Trinajstić information content (AvgIpc) is 3.21. The molecule has 27 heavy (non-hydrogen) atoms. The summed E-state index contributed by atoms with van der Waals surface area (Å²) in [6.07, 6.45) is 2.88. The number of aromatic nitrogens is 1. The molecule has 2 heterocycles. The van der Waals surface area contributed by atoms with Gasteiger partial charge < -0.3 is 14.3 Å². The number of hydrogen-bond donors (Lipinski definition) is 2. The SMILES string of the molecule is Cc1cc(NS(=O)(=O)c2ccc(NC(=O)C=Cc3ccc(C)o3)cc2)no1. The van der Waals surface area contributed by atoms with Crippen molar-refractivity contribution >= 4 is 33.5 Å². The smallest absolute Gasteiger partial charge is 0.263 e. The zero-order chi connectivity index (χ0) is 19.4. The molecule has 0 fully saturated rings. The molecule has 0 unspecified atom stereocenters. The van der Waals surface area contributed by atoms with Crippen LogP contribution in [0.1, 0.15) is 17.3 Å². The van der Waals surface area contributed by atoms with Gasteiger partial charge in [-0.15, -0.1) is 0 Å². The summed E-state index contributed by atoms with van der Waals surface area (Å²) in [7, 11) is -3.80. The van der Waals surface area contributed by atoms with Gasteiger partial charge in [0.15, 0.2) is 5.82 Å². The second-order valence-corrected chi connectivity index (χ2v) is 7.41. The lowest BCUT2D eigenvalue weighted by Gasteiger charge is -2.06. The van der Waals surface area contributed by atoms with Gasteiger partial charge in [0.1, 0.15) is 17.3 Å². The highest BCUT2D eigenvalue weighted by atomic mass is 32.2. The van der Waals surface area contributed by atoms with Gasteiger partial charge in [0, 0.05) is 17.8 Å². The summed E-state index contributed by atoms with van der Waals surface area (Å²) in [6.45, 7) is 3.47. The Balaban J connectivity index is 1.64. The number of aryl methyl sites for hydroxylation is 2. The fraction of sp³-hybridized carbons (Fsp3) is 0.111. The first-order valence-corrected chi connectivity index (χ1v) is 9.42. The number of hydrogen-bond acceptors (Lipinski definition) is 6. The summed E-state index contributed by atoms with van der Waals surface area (Å²) in [5.74, 6) is 1.54. The summed E-state index contributed by atoms with van der Waals surface area (Å²) in [6, 6.07) is 10.8. The number of nitrogens with zero attached hydrogens (tertiary/aromatic N) is 1. The molecule has 0 saturated carbocycles. The molecule has 2 aromatic heterocycles. The molecule has 0 aliphatic rings. The first-order chi connectivity index (χ1) is 12.8. The largest absolute Gasteiger partial charge is 0.462 e. The second kappa shape index (κ2) is 7.50. The van der Waals surface area contributed by atoms with E-state index in [2.05, 4.69) is 15.2 Å². The number of nitrogens with one attached hydrogen (secondary N) is 2. The van der Waals surface area contributed by atoms with Crippen LogP contribution < -0.4 is 10.0 Å². The van der Waals surface area contributed by atoms with E-state index in [1.807, 2.05) is 6.92 Å². The van der Waals surface area contributed by atoms with Crippen molar-refractivity contribution in [2.75, 3.05) is 10.0 Å². The van der Waals surface area contributed by atoms with Crippen LogP contribution in [0.5, 0.6) is 0 Å². The van der Waals surface area contributed by atoms with Crippen molar-refractivity contribution in [1.82, 2.24) is 5.16 Å². The lowest BCUT2D eigenvalue weighted by atomic mass is 10.3. The summed E-state index contributed by atoms with van der Waals surface area (Å²) >= 11 is 0. The number of carbonyl (C=O) groups is 1. The summed E-state index contributed by atoms with van der Waals surface area (Å²) in [5, 5.41) is 6.23. The summed E-state index contributed by atoms with van der Waals surface area (Å²) in [5.41, 5.74) is 0.455. The predicted octanol–water partition coefficient (Wildman–Crippen LogP) is 3.34. The van der Waals surface area contributed by atoms with E-state index in [1.54, 1.807) is 25.1 Å². The Hall–Kier alpha value is -3.33. The molecule has 0 radical (unpaired) electrons. The molecule has 3 aromatic rings. The standard InChI is InChI=1S/C18H17N3O5S/c1-12-3-6-15(25-12)7-10-18(22)19-14-4-8-16(9-5-14)27(23,24)21-17-11-13(2)26-20-17/h3-11H,1-2H3,(H,19,22)(H,20,21). The molecule has 140 valence electrons. The topological polar surface area (TPSA) is 114 Å². The number of anilines is 2. The summed E-state index contributed by atoms with van der Waals surface area (Å²) in [4.78, 5) is 12.0. The van der Waals surface area contributed by atoms with E-state index in [0.29, 0.717) is 17.2 Å². The van der Waals surface area contributed by atoms with Crippen molar-refractivity contribution in [1.29, 1.82) is 0 Å². The van der Waals surface area contributed by atoms with Crippen molar-refractivity contribution in [2.45, 2.75) is 18.7 Å². The molecule has 8 nitrogen and oxygen atoms in total. The van der Waals surface area contributed by atoms with Gasteiger partial charge in [-0.3, -0.25) is 9.52 Å². The van der Waals surface area contributed by atoms with Crippen LogP contribution in [-0.2, 0) is 14.8 Å². The van der Waals surface area contributed by atoms with Gasteiger partial charge in [-0.05, 0) is 56.3 Å². The van der Waals surface area contributed by atoms with Crippen LogP contribution in [0.25, 0.3) is 6.08 Å². The van der Waals surface area contributed by atoms with Crippen LogP contribution in [-0.4, -0.2) is 19.5 Å². The number of amides is 1. The third-order valence-corrected chi connectivity index (χ3v) is 4.83. The molecular formula is C18H17N3O5S. The molecule has 0 saturated heterocycles. The van der Waals surface area contributed by atoms with Crippen LogP contribution in [0, 0.1) is 13.8 Å². The molecule has 2 N–H and O–H groups in total. The quantitative estimate of drug-likeness (QED) is 0.627. The Morgan fingerprint density at radius 2 is 1.81 bits per heavy atom. The molecule has 0 spiro atoms. The fourth-order valence-electron chi connectivity index (χ4n) is 2.21. The van der Waals surface area contributed by atoms with E-state index < -0.39 is 10.0 Å². The van der Waals surface area contributed by atoms with E-state index >= 15 is 0 Å². The Morgan fingerprint density at radius 1 is 1.07 bits per heavy atom. The van der Waals surface area contributed by atoms with E-state index in [1.165, 1.54) is 36.4 Å². The third kappa shape index (κ3) is 4.85. The maximum atomic E-state index is 12.3. The van der Waals surface area contributed by atoms with Crippen LogP contribution >= 0.6 is 0 Å². The first kappa shape index (κ1) is 18.5. The molecular weight excluding hydrogens is 370 g/mol. The van der Waals surface area contributed by atoms with Gasteiger partial charge in [0.25, 0.3) is 10.0 Å². The van der Waals surface area contributed by atoms with Crippen LogP contribution in [0.3, 0.4) is 0 Å². The average molecular weight is 387 g/mol. The molecule has 0 aliphatic heterocycles. The second-order valence-electron chi connectivity index (χ2n) is 5.72. The van der Waals surface area contributed by atoms with E-state index in [9.17, 15) is 13.2 Å². The molecule has 1 aromatic carbocycles. The zero-order valence-electron chi connectivity index (χ0n) is 14.6. The minimum atomic E-state index is -3.80. The van der Waals surface area contributed by atoms with Gasteiger partial charge in [0.05, 0.1) is 4.90 Å². The van der Waals surface area contributed by atoms with Crippen LogP contribution in [0.15, 0.2) is 62.4 Å². The lowest BCUT2D eigenvalue weighted by molar-refractivity contribution is -0.111. The predicted molar refractivity (Wildman–Crippen MR) is 99.6 cm³/mol. The summed E-state index contributed by atoms with van der Waals surface area (Å²) < 4.78 is 37.1. The van der Waals surface area contributed by atoms with Crippen molar-refractivity contribution in [3.05, 3.63) is 65.8 Å². The number of rotatable bonds is 6. The first-order valence-electron chi connectivity index (χ1n) is 7.93. The highest BCUT2D eigenvalue weighted by Gasteiger charge is 2.16. The van der Waals surface area contributed by atoms with Crippen molar-refractivity contribution in [3.63, 3.8) is 0 Å². The highest BCUT2D eigenvalue weighted by Crippen LogP contribution is 2.18. The molecule has 3 rings (SSSR count). The normalized spacial score (nSPS) is 11.6. The molecule has 1 amide bonds. The number of benzene rings is 1. The fourth-order valence-corrected chi connectivity index (χ4v) is 3.20.